The van der Waals surface area contributed by atoms with Gasteiger partial charge >= 0.3 is 6.09 Å². The van der Waals surface area contributed by atoms with Crippen molar-refractivity contribution in [2.45, 2.75) is 30.1 Å². The minimum Gasteiger partial charge on any atom is -0.465 e. The number of rotatable bonds is 5. The van der Waals surface area contributed by atoms with Crippen LogP contribution in [0.4, 0.5) is 4.79 Å². The summed E-state index contributed by atoms with van der Waals surface area (Å²) >= 11 is 0. The van der Waals surface area contributed by atoms with Crippen LogP contribution in [0, 0.1) is 5.92 Å². The van der Waals surface area contributed by atoms with Gasteiger partial charge in [0.2, 0.25) is 10.0 Å². The Labute approximate surface area is 104 Å². The lowest BCUT2D eigenvalue weighted by Crippen LogP contribution is -2.52. The molecule has 0 bridgehead atoms. The zero-order valence-corrected chi connectivity index (χ0v) is 10.4. The first-order valence-electron chi connectivity index (χ1n) is 5.51. The molecule has 2 rings (SSSR count). The molecule has 0 aromatic carbocycles. The van der Waals surface area contributed by atoms with Crippen LogP contribution in [0.15, 0.2) is 12.7 Å². The first kappa shape index (κ1) is 12.9. The summed E-state index contributed by atoms with van der Waals surface area (Å²) in [7, 11) is -3.66. The lowest BCUT2D eigenvalue weighted by Gasteiger charge is -2.16. The first-order chi connectivity index (χ1) is 8.32. The molecule has 2 fully saturated rings. The van der Waals surface area contributed by atoms with E-state index >= 15 is 0 Å². The average molecular weight is 274 g/mol. The number of amides is 2. The van der Waals surface area contributed by atoms with Crippen LogP contribution in [0.3, 0.4) is 0 Å². The van der Waals surface area contributed by atoms with Crippen LogP contribution in [0.5, 0.6) is 0 Å². The van der Waals surface area contributed by atoms with E-state index in [1.165, 1.54) is 6.08 Å². The number of sulfonamides is 1. The number of carbonyl (C=O) groups excluding carboxylic acids is 1. The van der Waals surface area contributed by atoms with Crippen molar-refractivity contribution in [3.05, 3.63) is 12.7 Å². The van der Waals surface area contributed by atoms with Crippen LogP contribution in [-0.4, -0.2) is 36.3 Å². The molecule has 0 aliphatic heterocycles. The lowest BCUT2D eigenvalue weighted by atomic mass is 10.2. The largest absolute Gasteiger partial charge is 0.465 e. The molecule has 100 valence electrons. The van der Waals surface area contributed by atoms with Crippen LogP contribution in [0.1, 0.15) is 19.3 Å². The molecule has 0 saturated heterocycles. The van der Waals surface area contributed by atoms with Crippen molar-refractivity contribution in [1.82, 2.24) is 10.0 Å². The number of hydrogen-bond donors (Lipinski definition) is 3. The number of hydrogen-bond acceptors (Lipinski definition) is 4. The van der Waals surface area contributed by atoms with E-state index in [4.69, 9.17) is 5.11 Å². The van der Waals surface area contributed by atoms with Crippen LogP contribution in [0.25, 0.3) is 0 Å². The van der Waals surface area contributed by atoms with Crippen LogP contribution >= 0.6 is 0 Å². The summed E-state index contributed by atoms with van der Waals surface area (Å²) in [6.07, 6.45) is 1.38. The summed E-state index contributed by atoms with van der Waals surface area (Å²) in [5.41, 5.74) is -1.38. The Morgan fingerprint density at radius 2 is 2.00 bits per heavy atom. The smallest absolute Gasteiger partial charge is 0.405 e. The van der Waals surface area contributed by atoms with Crippen molar-refractivity contribution in [2.75, 3.05) is 0 Å². The Morgan fingerprint density at radius 1 is 1.39 bits per heavy atom. The van der Waals surface area contributed by atoms with Crippen molar-refractivity contribution in [2.24, 2.45) is 5.92 Å². The molecule has 0 heterocycles. The Morgan fingerprint density at radius 3 is 2.39 bits per heavy atom. The Balaban J connectivity index is 2.10. The summed E-state index contributed by atoms with van der Waals surface area (Å²) in [6, 6.07) is 0. The quantitative estimate of drug-likeness (QED) is 0.601. The second-order valence-corrected chi connectivity index (χ2v) is 6.58. The van der Waals surface area contributed by atoms with E-state index in [9.17, 15) is 18.0 Å². The molecule has 2 amide bonds. The zero-order chi connectivity index (χ0) is 13.6. The van der Waals surface area contributed by atoms with E-state index in [1.54, 1.807) is 0 Å². The summed E-state index contributed by atoms with van der Waals surface area (Å²) in [5.74, 6) is -1.19. The predicted octanol–water partition coefficient (Wildman–Crippen LogP) is -0.193. The minimum atomic E-state index is -3.66. The van der Waals surface area contributed by atoms with E-state index < -0.39 is 32.8 Å². The highest BCUT2D eigenvalue weighted by atomic mass is 32.2. The maximum Gasteiger partial charge on any atom is 0.405 e. The van der Waals surface area contributed by atoms with E-state index in [-0.39, 0.29) is 12.3 Å². The highest BCUT2D eigenvalue weighted by Gasteiger charge is 2.61. The molecular weight excluding hydrogens is 260 g/mol. The van der Waals surface area contributed by atoms with E-state index in [1.807, 2.05) is 4.72 Å². The first-order valence-corrected chi connectivity index (χ1v) is 7.06. The van der Waals surface area contributed by atoms with Crippen LogP contribution < -0.4 is 10.0 Å². The SMILES string of the molecule is C=C[C@H]1C[C@@]1(NC(=O)O)C(=O)NS(=O)(=O)C1CC1. The molecule has 0 unspecified atom stereocenters. The molecule has 0 aromatic heterocycles. The van der Waals surface area contributed by atoms with Gasteiger partial charge in [-0.25, -0.2) is 13.2 Å². The highest BCUT2D eigenvalue weighted by molar-refractivity contribution is 7.90. The van der Waals surface area contributed by atoms with Gasteiger partial charge in [-0.15, -0.1) is 6.58 Å². The summed E-state index contributed by atoms with van der Waals surface area (Å²) in [5, 5.41) is 10.3. The van der Waals surface area contributed by atoms with Crippen molar-refractivity contribution in [3.63, 3.8) is 0 Å². The topological polar surface area (TPSA) is 113 Å². The molecule has 8 heteroatoms. The summed E-state index contributed by atoms with van der Waals surface area (Å²) in [4.78, 5) is 22.6. The number of carbonyl (C=O) groups is 2. The third-order valence-corrected chi connectivity index (χ3v) is 5.05. The Kier molecular flexibility index (Phi) is 2.84. The van der Waals surface area contributed by atoms with Gasteiger partial charge in [-0.2, -0.15) is 0 Å². The maximum absolute atomic E-state index is 11.9. The van der Waals surface area contributed by atoms with Gasteiger partial charge < -0.3 is 10.4 Å². The van der Waals surface area contributed by atoms with Gasteiger partial charge in [0.25, 0.3) is 5.91 Å². The van der Waals surface area contributed by atoms with E-state index in [0.29, 0.717) is 12.8 Å². The molecular formula is C10H14N2O5S. The molecule has 3 N–H and O–H groups in total. The molecule has 2 saturated carbocycles. The molecule has 2 aliphatic carbocycles. The zero-order valence-electron chi connectivity index (χ0n) is 9.55. The van der Waals surface area contributed by atoms with Crippen molar-refractivity contribution in [1.29, 1.82) is 0 Å². The normalized spacial score (nSPS) is 30.3. The highest BCUT2D eigenvalue weighted by Crippen LogP contribution is 2.45. The predicted molar refractivity (Wildman–Crippen MR) is 62.3 cm³/mol. The minimum absolute atomic E-state index is 0.231. The fourth-order valence-electron chi connectivity index (χ4n) is 1.91. The van der Waals surface area contributed by atoms with Gasteiger partial charge in [0.1, 0.15) is 5.54 Å². The number of carboxylic acid groups (broad SMARTS) is 1. The Bertz CT molecular complexity index is 510. The molecule has 0 spiro atoms. The molecule has 0 aromatic rings. The van der Waals surface area contributed by atoms with Gasteiger partial charge in [0, 0.05) is 5.92 Å². The van der Waals surface area contributed by atoms with E-state index in [0.717, 1.165) is 0 Å². The van der Waals surface area contributed by atoms with Gasteiger partial charge in [0.15, 0.2) is 0 Å². The Hall–Kier alpha value is -1.57. The fraction of sp³-hybridized carbons (Fsp3) is 0.600. The third-order valence-electron chi connectivity index (χ3n) is 3.23. The average Bonchev–Trinajstić information content (AvgIpc) is 3.11. The number of nitrogens with one attached hydrogen (secondary N) is 2. The monoisotopic (exact) mass is 274 g/mol. The van der Waals surface area contributed by atoms with Crippen molar-refractivity contribution >= 4 is 22.0 Å². The van der Waals surface area contributed by atoms with Crippen LogP contribution in [-0.2, 0) is 14.8 Å². The van der Waals surface area contributed by atoms with Gasteiger partial charge in [-0.1, -0.05) is 6.08 Å². The molecule has 2 atom stereocenters. The molecule has 7 nitrogen and oxygen atoms in total. The molecule has 2 aliphatic rings. The lowest BCUT2D eigenvalue weighted by molar-refractivity contribution is -0.122. The standard InChI is InChI=1S/C10H14N2O5S/c1-2-6-5-10(6,11-9(14)15)8(13)12-18(16,17)7-3-4-7/h2,6-7,11H,1,3-5H2,(H,12,13)(H,14,15)/t6-,10-/m0/s1. The van der Waals surface area contributed by atoms with Crippen molar-refractivity contribution in [3.8, 4) is 0 Å². The van der Waals surface area contributed by atoms with Gasteiger partial charge in [0.05, 0.1) is 5.25 Å². The summed E-state index contributed by atoms with van der Waals surface area (Å²) < 4.78 is 25.2. The summed E-state index contributed by atoms with van der Waals surface area (Å²) in [6.45, 7) is 3.49. The van der Waals surface area contributed by atoms with Gasteiger partial charge in [-0.05, 0) is 19.3 Å². The van der Waals surface area contributed by atoms with Crippen molar-refractivity contribution < 1.29 is 23.1 Å². The molecule has 18 heavy (non-hydrogen) atoms. The third kappa shape index (κ3) is 2.20. The second-order valence-electron chi connectivity index (χ2n) is 4.62. The fourth-order valence-corrected chi connectivity index (χ4v) is 3.27. The molecule has 0 radical (unpaired) electrons. The van der Waals surface area contributed by atoms with E-state index in [2.05, 4.69) is 11.9 Å². The maximum atomic E-state index is 11.9. The van der Waals surface area contributed by atoms with Gasteiger partial charge in [-0.3, -0.25) is 9.52 Å². The second kappa shape index (κ2) is 3.98. The van der Waals surface area contributed by atoms with Crippen LogP contribution in [0.2, 0.25) is 0 Å².